The van der Waals surface area contributed by atoms with Gasteiger partial charge in [0, 0.05) is 12.6 Å². The van der Waals surface area contributed by atoms with Gasteiger partial charge >= 0.3 is 6.09 Å². The molecule has 2 rings (SSSR count). The Morgan fingerprint density at radius 1 is 1.14 bits per heavy atom. The highest BCUT2D eigenvalue weighted by atomic mass is 16.6. The topological polar surface area (TPSA) is 29.5 Å². The van der Waals surface area contributed by atoms with Crippen LogP contribution < -0.4 is 0 Å². The van der Waals surface area contributed by atoms with E-state index in [1.807, 2.05) is 25.7 Å². The quantitative estimate of drug-likeness (QED) is 0.780. The molecule has 22 heavy (non-hydrogen) atoms. The van der Waals surface area contributed by atoms with Gasteiger partial charge in [0.05, 0.1) is 0 Å². The molecule has 0 atom stereocenters. The number of carbonyl (C=O) groups is 1. The minimum absolute atomic E-state index is 0.181. The van der Waals surface area contributed by atoms with Crippen LogP contribution in [0.5, 0.6) is 0 Å². The molecule has 0 heterocycles. The third kappa shape index (κ3) is 5.04. The van der Waals surface area contributed by atoms with E-state index in [2.05, 4.69) is 31.2 Å². The Hall–Kier alpha value is -1.51. The van der Waals surface area contributed by atoms with E-state index in [4.69, 9.17) is 4.74 Å². The van der Waals surface area contributed by atoms with Crippen LogP contribution in [0, 0.1) is 6.92 Å². The minimum atomic E-state index is -0.447. The van der Waals surface area contributed by atoms with Crippen LogP contribution in [0.25, 0.3) is 0 Å². The molecule has 0 radical (unpaired) electrons. The molecule has 1 saturated carbocycles. The molecule has 1 aliphatic carbocycles. The first-order chi connectivity index (χ1) is 10.3. The number of carbonyl (C=O) groups excluding carboxylic acids is 1. The molecule has 0 N–H and O–H groups in total. The van der Waals surface area contributed by atoms with Gasteiger partial charge in [-0.1, -0.05) is 49.1 Å². The van der Waals surface area contributed by atoms with Gasteiger partial charge in [-0.15, -0.1) is 0 Å². The fourth-order valence-electron chi connectivity index (χ4n) is 2.95. The molecule has 0 saturated heterocycles. The van der Waals surface area contributed by atoms with E-state index >= 15 is 0 Å². The average molecular weight is 303 g/mol. The van der Waals surface area contributed by atoms with Crippen molar-refractivity contribution < 1.29 is 9.53 Å². The second kappa shape index (κ2) is 7.17. The first-order valence-electron chi connectivity index (χ1n) is 8.40. The smallest absolute Gasteiger partial charge is 0.410 e. The molecule has 0 aliphatic heterocycles. The van der Waals surface area contributed by atoms with E-state index < -0.39 is 5.60 Å². The van der Waals surface area contributed by atoms with Crippen LogP contribution in [0.4, 0.5) is 4.79 Å². The zero-order valence-electron chi connectivity index (χ0n) is 14.4. The van der Waals surface area contributed by atoms with Crippen molar-refractivity contribution in [1.29, 1.82) is 0 Å². The fraction of sp³-hybridized carbons (Fsp3) is 0.632. The van der Waals surface area contributed by atoms with Gasteiger partial charge in [0.25, 0.3) is 0 Å². The highest BCUT2D eigenvalue weighted by Crippen LogP contribution is 2.26. The Morgan fingerprint density at radius 3 is 2.27 bits per heavy atom. The van der Waals surface area contributed by atoms with Gasteiger partial charge < -0.3 is 9.64 Å². The first kappa shape index (κ1) is 16.9. The molecule has 1 aromatic carbocycles. The molecular weight excluding hydrogens is 274 g/mol. The predicted octanol–water partition coefficient (Wildman–Crippen LogP) is 5.06. The summed E-state index contributed by atoms with van der Waals surface area (Å²) < 4.78 is 5.64. The molecule has 0 unspecified atom stereocenters. The third-order valence-electron chi connectivity index (χ3n) is 4.12. The van der Waals surface area contributed by atoms with Crippen molar-refractivity contribution in [3.05, 3.63) is 35.4 Å². The van der Waals surface area contributed by atoms with Crippen LogP contribution in [0.1, 0.15) is 64.0 Å². The van der Waals surface area contributed by atoms with Crippen LogP contribution in [-0.2, 0) is 11.3 Å². The van der Waals surface area contributed by atoms with Gasteiger partial charge in [-0.05, 0) is 46.1 Å². The minimum Gasteiger partial charge on any atom is -0.444 e. The van der Waals surface area contributed by atoms with E-state index in [1.165, 1.54) is 30.4 Å². The summed E-state index contributed by atoms with van der Waals surface area (Å²) >= 11 is 0. The molecular formula is C19H29NO2. The Kier molecular flexibility index (Phi) is 5.49. The van der Waals surface area contributed by atoms with Gasteiger partial charge in [0.2, 0.25) is 0 Å². The zero-order chi connectivity index (χ0) is 16.2. The summed E-state index contributed by atoms with van der Waals surface area (Å²) in [5, 5.41) is 0. The largest absolute Gasteiger partial charge is 0.444 e. The van der Waals surface area contributed by atoms with E-state index in [0.717, 1.165) is 12.8 Å². The molecule has 1 aromatic rings. The second-order valence-electron chi connectivity index (χ2n) is 7.39. The number of benzene rings is 1. The number of nitrogens with zero attached hydrogens (tertiary/aromatic N) is 1. The number of ether oxygens (including phenoxy) is 1. The molecule has 0 aromatic heterocycles. The van der Waals surface area contributed by atoms with Crippen LogP contribution >= 0.6 is 0 Å². The molecule has 3 heteroatoms. The summed E-state index contributed by atoms with van der Waals surface area (Å²) in [4.78, 5) is 14.6. The number of hydrogen-bond donors (Lipinski definition) is 0. The standard InChI is InChI=1S/C19H29NO2/c1-15-10-12-16(13-11-15)14-20(17-8-6-5-7-9-17)18(21)22-19(2,3)4/h10-13,17H,5-9,14H2,1-4H3. The second-order valence-corrected chi connectivity index (χ2v) is 7.39. The lowest BCUT2D eigenvalue weighted by molar-refractivity contribution is 0.00989. The molecule has 1 aliphatic rings. The number of aryl methyl sites for hydroxylation is 1. The summed E-state index contributed by atoms with van der Waals surface area (Å²) in [7, 11) is 0. The lowest BCUT2D eigenvalue weighted by atomic mass is 9.94. The molecule has 1 amide bonds. The summed E-state index contributed by atoms with van der Waals surface area (Å²) in [5.74, 6) is 0. The van der Waals surface area contributed by atoms with Gasteiger partial charge in [-0.25, -0.2) is 4.79 Å². The van der Waals surface area contributed by atoms with Gasteiger partial charge in [0.15, 0.2) is 0 Å². The molecule has 122 valence electrons. The van der Waals surface area contributed by atoms with Crippen molar-refractivity contribution in [3.63, 3.8) is 0 Å². The molecule has 1 fully saturated rings. The van der Waals surface area contributed by atoms with Gasteiger partial charge in [0.1, 0.15) is 5.60 Å². The molecule has 0 spiro atoms. The van der Waals surface area contributed by atoms with Crippen LogP contribution in [0.15, 0.2) is 24.3 Å². The Balaban J connectivity index is 2.13. The van der Waals surface area contributed by atoms with E-state index in [1.54, 1.807) is 0 Å². The lowest BCUT2D eigenvalue weighted by Gasteiger charge is -2.35. The summed E-state index contributed by atoms with van der Waals surface area (Å²) in [6, 6.07) is 8.72. The average Bonchev–Trinajstić information content (AvgIpc) is 2.45. The molecule has 0 bridgehead atoms. The summed E-state index contributed by atoms with van der Waals surface area (Å²) in [6.07, 6.45) is 5.69. The first-order valence-corrected chi connectivity index (χ1v) is 8.40. The number of hydrogen-bond acceptors (Lipinski definition) is 2. The Morgan fingerprint density at radius 2 is 1.73 bits per heavy atom. The Labute approximate surface area is 134 Å². The maximum Gasteiger partial charge on any atom is 0.410 e. The van der Waals surface area contributed by atoms with Crippen molar-refractivity contribution in [3.8, 4) is 0 Å². The fourth-order valence-corrected chi connectivity index (χ4v) is 2.95. The van der Waals surface area contributed by atoms with Gasteiger partial charge in [-0.3, -0.25) is 0 Å². The zero-order valence-corrected chi connectivity index (χ0v) is 14.4. The van der Waals surface area contributed by atoms with E-state index in [-0.39, 0.29) is 6.09 Å². The van der Waals surface area contributed by atoms with Crippen LogP contribution in [0.2, 0.25) is 0 Å². The summed E-state index contributed by atoms with van der Waals surface area (Å²) in [6.45, 7) is 8.50. The maximum atomic E-state index is 12.6. The van der Waals surface area contributed by atoms with E-state index in [9.17, 15) is 4.79 Å². The highest BCUT2D eigenvalue weighted by molar-refractivity contribution is 5.68. The lowest BCUT2D eigenvalue weighted by Crippen LogP contribution is -2.43. The summed E-state index contributed by atoms with van der Waals surface area (Å²) in [5.41, 5.74) is 1.96. The number of amides is 1. The van der Waals surface area contributed by atoms with Crippen molar-refractivity contribution in [2.75, 3.05) is 0 Å². The van der Waals surface area contributed by atoms with Crippen molar-refractivity contribution in [2.45, 2.75) is 78.0 Å². The normalized spacial score (nSPS) is 16.4. The van der Waals surface area contributed by atoms with Crippen molar-refractivity contribution in [2.24, 2.45) is 0 Å². The maximum absolute atomic E-state index is 12.6. The monoisotopic (exact) mass is 303 g/mol. The van der Waals surface area contributed by atoms with Crippen molar-refractivity contribution >= 4 is 6.09 Å². The van der Waals surface area contributed by atoms with Crippen LogP contribution in [0.3, 0.4) is 0 Å². The SMILES string of the molecule is Cc1ccc(CN(C(=O)OC(C)(C)C)C2CCCCC2)cc1. The Bertz CT molecular complexity index is 481. The van der Waals surface area contributed by atoms with Gasteiger partial charge in [-0.2, -0.15) is 0 Å². The molecule has 3 nitrogen and oxygen atoms in total. The predicted molar refractivity (Wildman–Crippen MR) is 89.8 cm³/mol. The third-order valence-corrected chi connectivity index (χ3v) is 4.12. The van der Waals surface area contributed by atoms with Crippen LogP contribution in [-0.4, -0.2) is 22.6 Å². The van der Waals surface area contributed by atoms with E-state index in [0.29, 0.717) is 12.6 Å². The number of rotatable bonds is 3. The van der Waals surface area contributed by atoms with Crippen molar-refractivity contribution in [1.82, 2.24) is 4.90 Å². The highest BCUT2D eigenvalue weighted by Gasteiger charge is 2.29.